The molecule has 0 aliphatic rings. The van der Waals surface area contributed by atoms with Gasteiger partial charge in [-0.2, -0.15) is 9.78 Å². The van der Waals surface area contributed by atoms with Crippen molar-refractivity contribution in [1.29, 1.82) is 0 Å². The average Bonchev–Trinajstić information content (AvgIpc) is 3.13. The highest BCUT2D eigenvalue weighted by atomic mass is 16.6. The number of carbonyl (C=O) groups excluding carboxylic acids is 1. The zero-order chi connectivity index (χ0) is 22.8. The van der Waals surface area contributed by atoms with Gasteiger partial charge < -0.3 is 5.32 Å². The molecule has 0 atom stereocenters. The van der Waals surface area contributed by atoms with Crippen LogP contribution < -0.4 is 5.32 Å². The molecule has 2 aromatic heterocycles. The molecule has 160 valence electrons. The number of nitrogens with one attached hydrogen (secondary N) is 1. The predicted octanol–water partition coefficient (Wildman–Crippen LogP) is 4.91. The minimum atomic E-state index is -0.465. The van der Waals surface area contributed by atoms with Gasteiger partial charge in [-0.05, 0) is 61.7 Å². The Labute approximate surface area is 184 Å². The molecule has 0 bridgehead atoms. The minimum absolute atomic E-state index is 0.000561. The van der Waals surface area contributed by atoms with Crippen LogP contribution in [0.5, 0.6) is 0 Å². The number of pyridine rings is 1. The Morgan fingerprint density at radius 1 is 1.06 bits per heavy atom. The summed E-state index contributed by atoms with van der Waals surface area (Å²) in [7, 11) is 0. The first-order valence-corrected chi connectivity index (χ1v) is 9.99. The highest BCUT2D eigenvalue weighted by Gasteiger charge is 2.13. The summed E-state index contributed by atoms with van der Waals surface area (Å²) >= 11 is 0. The van der Waals surface area contributed by atoms with E-state index in [9.17, 15) is 14.9 Å². The number of benzene rings is 2. The third-order valence-electron chi connectivity index (χ3n) is 5.07. The standard InChI is InChI=1S/C24H21N5O3/c1-15-5-4-6-20-16(2)13-21(26-24(15)20)28-22(14-17(3)27-28)25-23(30)12-9-18-7-10-19(11-8-18)29(31)32/h4-14H,1-3H3,(H,25,30)/b12-9+. The van der Waals surface area contributed by atoms with Gasteiger partial charge >= 0.3 is 0 Å². The van der Waals surface area contributed by atoms with Crippen LogP contribution in [0.3, 0.4) is 0 Å². The van der Waals surface area contributed by atoms with Gasteiger partial charge in [0.05, 0.1) is 16.1 Å². The summed E-state index contributed by atoms with van der Waals surface area (Å²) in [5, 5.41) is 19.2. The topological polar surface area (TPSA) is 103 Å². The van der Waals surface area contributed by atoms with E-state index in [0.29, 0.717) is 17.2 Å². The summed E-state index contributed by atoms with van der Waals surface area (Å²) in [6.45, 7) is 5.88. The number of nitro groups is 1. The number of fused-ring (bicyclic) bond motifs is 1. The van der Waals surface area contributed by atoms with Crippen molar-refractivity contribution in [3.63, 3.8) is 0 Å². The molecule has 0 aliphatic carbocycles. The number of nitrogens with zero attached hydrogens (tertiary/aromatic N) is 4. The summed E-state index contributed by atoms with van der Waals surface area (Å²) in [4.78, 5) is 27.6. The number of hydrogen-bond donors (Lipinski definition) is 1. The minimum Gasteiger partial charge on any atom is -0.307 e. The molecule has 8 nitrogen and oxygen atoms in total. The van der Waals surface area contributed by atoms with Crippen LogP contribution in [0, 0.1) is 30.9 Å². The number of hydrogen-bond acceptors (Lipinski definition) is 5. The second-order valence-corrected chi connectivity index (χ2v) is 7.52. The quantitative estimate of drug-likeness (QED) is 0.277. The van der Waals surface area contributed by atoms with Crippen molar-refractivity contribution in [1.82, 2.24) is 14.8 Å². The van der Waals surface area contributed by atoms with E-state index in [2.05, 4.69) is 10.4 Å². The van der Waals surface area contributed by atoms with Crippen LogP contribution in [0.2, 0.25) is 0 Å². The number of carbonyl (C=O) groups is 1. The molecular weight excluding hydrogens is 406 g/mol. The molecule has 1 amide bonds. The van der Waals surface area contributed by atoms with E-state index in [1.54, 1.807) is 29.0 Å². The number of anilines is 1. The van der Waals surface area contributed by atoms with Crippen LogP contribution in [0.1, 0.15) is 22.4 Å². The van der Waals surface area contributed by atoms with E-state index >= 15 is 0 Å². The van der Waals surface area contributed by atoms with Gasteiger partial charge in [-0.1, -0.05) is 18.2 Å². The fourth-order valence-electron chi connectivity index (χ4n) is 3.46. The van der Waals surface area contributed by atoms with Crippen LogP contribution in [-0.4, -0.2) is 25.6 Å². The molecule has 32 heavy (non-hydrogen) atoms. The summed E-state index contributed by atoms with van der Waals surface area (Å²) in [5.41, 5.74) is 4.44. The molecule has 0 aliphatic heterocycles. The zero-order valence-electron chi connectivity index (χ0n) is 17.9. The van der Waals surface area contributed by atoms with E-state index in [-0.39, 0.29) is 11.6 Å². The number of nitro benzene ring substituents is 1. The Morgan fingerprint density at radius 2 is 1.81 bits per heavy atom. The number of aromatic nitrogens is 3. The molecule has 8 heteroatoms. The second kappa shape index (κ2) is 8.43. The molecule has 0 fully saturated rings. The number of rotatable bonds is 5. The summed E-state index contributed by atoms with van der Waals surface area (Å²) in [6, 6.07) is 15.7. The molecule has 2 aromatic carbocycles. The third-order valence-corrected chi connectivity index (χ3v) is 5.07. The molecule has 4 aromatic rings. The van der Waals surface area contributed by atoms with Crippen LogP contribution in [0.15, 0.2) is 60.7 Å². The predicted molar refractivity (Wildman–Crippen MR) is 124 cm³/mol. The van der Waals surface area contributed by atoms with Gasteiger partial charge in [-0.25, -0.2) is 4.98 Å². The monoisotopic (exact) mass is 427 g/mol. The van der Waals surface area contributed by atoms with Gasteiger partial charge in [-0.15, -0.1) is 0 Å². The molecule has 0 saturated carbocycles. The lowest BCUT2D eigenvalue weighted by molar-refractivity contribution is -0.384. The Hall–Kier alpha value is -4.33. The van der Waals surface area contributed by atoms with E-state index in [4.69, 9.17) is 4.98 Å². The van der Waals surface area contributed by atoms with E-state index in [0.717, 1.165) is 27.7 Å². The third kappa shape index (κ3) is 4.24. The van der Waals surface area contributed by atoms with Gasteiger partial charge in [0.1, 0.15) is 5.82 Å². The zero-order valence-corrected chi connectivity index (χ0v) is 17.9. The van der Waals surface area contributed by atoms with Crippen molar-refractivity contribution in [2.45, 2.75) is 20.8 Å². The maximum absolute atomic E-state index is 12.5. The fourth-order valence-corrected chi connectivity index (χ4v) is 3.46. The largest absolute Gasteiger partial charge is 0.307 e. The lowest BCUT2D eigenvalue weighted by Gasteiger charge is -2.11. The van der Waals surface area contributed by atoms with Crippen molar-refractivity contribution >= 4 is 34.4 Å². The first kappa shape index (κ1) is 20.9. The Balaban J connectivity index is 1.60. The van der Waals surface area contributed by atoms with Crippen molar-refractivity contribution in [3.05, 3.63) is 93.2 Å². The van der Waals surface area contributed by atoms with Gasteiger partial charge in [0, 0.05) is 29.7 Å². The molecule has 2 heterocycles. The number of non-ortho nitro benzene ring substituents is 1. The van der Waals surface area contributed by atoms with Gasteiger partial charge in [0.15, 0.2) is 5.82 Å². The molecule has 1 N–H and O–H groups in total. The van der Waals surface area contributed by atoms with Crippen molar-refractivity contribution in [2.75, 3.05) is 5.32 Å². The highest BCUT2D eigenvalue weighted by Crippen LogP contribution is 2.24. The van der Waals surface area contributed by atoms with Crippen molar-refractivity contribution in [3.8, 4) is 5.82 Å². The van der Waals surface area contributed by atoms with Gasteiger partial charge in [0.2, 0.25) is 5.91 Å². The molecule has 0 radical (unpaired) electrons. The Morgan fingerprint density at radius 3 is 2.53 bits per heavy atom. The normalized spacial score (nSPS) is 11.2. The second-order valence-electron chi connectivity index (χ2n) is 7.52. The lowest BCUT2D eigenvalue weighted by atomic mass is 10.1. The Kier molecular flexibility index (Phi) is 5.51. The number of para-hydroxylation sites is 1. The summed E-state index contributed by atoms with van der Waals surface area (Å²) in [6.07, 6.45) is 2.96. The van der Waals surface area contributed by atoms with Gasteiger partial charge in [-0.3, -0.25) is 14.9 Å². The molecule has 0 spiro atoms. The van der Waals surface area contributed by atoms with Crippen LogP contribution in [0.4, 0.5) is 11.5 Å². The molecule has 0 saturated heterocycles. The maximum Gasteiger partial charge on any atom is 0.269 e. The molecular formula is C24H21N5O3. The van der Waals surface area contributed by atoms with E-state index < -0.39 is 4.92 Å². The maximum atomic E-state index is 12.5. The van der Waals surface area contributed by atoms with E-state index in [1.807, 2.05) is 45.0 Å². The summed E-state index contributed by atoms with van der Waals surface area (Å²) in [5.74, 6) is 0.769. The molecule has 0 unspecified atom stereocenters. The SMILES string of the molecule is Cc1cc(NC(=O)/C=C/c2ccc([N+](=O)[O-])cc2)n(-c2cc(C)c3cccc(C)c3n2)n1. The first-order chi connectivity index (χ1) is 15.3. The Bertz CT molecular complexity index is 1370. The van der Waals surface area contributed by atoms with Crippen LogP contribution in [-0.2, 0) is 4.79 Å². The van der Waals surface area contributed by atoms with Crippen LogP contribution in [0.25, 0.3) is 22.8 Å². The molecule has 4 rings (SSSR count). The first-order valence-electron chi connectivity index (χ1n) is 9.99. The highest BCUT2D eigenvalue weighted by molar-refractivity contribution is 6.01. The summed E-state index contributed by atoms with van der Waals surface area (Å²) < 4.78 is 1.62. The lowest BCUT2D eigenvalue weighted by Crippen LogP contribution is -2.13. The average molecular weight is 427 g/mol. The fraction of sp³-hybridized carbons (Fsp3) is 0.125. The van der Waals surface area contributed by atoms with E-state index in [1.165, 1.54) is 18.2 Å². The smallest absolute Gasteiger partial charge is 0.269 e. The van der Waals surface area contributed by atoms with Gasteiger partial charge in [0.25, 0.3) is 5.69 Å². The van der Waals surface area contributed by atoms with Crippen molar-refractivity contribution in [2.24, 2.45) is 0 Å². The number of amides is 1. The number of aryl methyl sites for hydroxylation is 3. The van der Waals surface area contributed by atoms with Crippen molar-refractivity contribution < 1.29 is 9.72 Å². The van der Waals surface area contributed by atoms with Crippen LogP contribution >= 0.6 is 0 Å².